The molecule has 0 aliphatic heterocycles. The number of unbranched alkanes of at least 4 members (excludes halogenated alkanes) is 3. The van der Waals surface area contributed by atoms with Crippen molar-refractivity contribution in [3.8, 4) is 0 Å². The molecule has 0 fully saturated rings. The van der Waals surface area contributed by atoms with Crippen LogP contribution in [-0.2, 0) is 4.74 Å². The summed E-state index contributed by atoms with van der Waals surface area (Å²) < 4.78 is 5.99. The van der Waals surface area contributed by atoms with Crippen molar-refractivity contribution in [2.45, 2.75) is 32.6 Å². The van der Waals surface area contributed by atoms with Crippen LogP contribution in [0.15, 0.2) is 22.7 Å². The second-order valence-corrected chi connectivity index (χ2v) is 4.84. The van der Waals surface area contributed by atoms with Crippen LogP contribution in [0.3, 0.4) is 0 Å². The van der Waals surface area contributed by atoms with Gasteiger partial charge in [-0.2, -0.15) is 0 Å². The van der Waals surface area contributed by atoms with E-state index in [1.165, 1.54) is 12.8 Å². The van der Waals surface area contributed by atoms with Crippen LogP contribution in [0.1, 0.15) is 43.0 Å². The van der Waals surface area contributed by atoms with Gasteiger partial charge in [-0.1, -0.05) is 42.1 Å². The topological polar surface area (TPSA) is 52.3 Å². The number of ether oxygens (including phenoxy) is 1. The number of anilines is 1. The fourth-order valence-electron chi connectivity index (χ4n) is 1.48. The van der Waals surface area contributed by atoms with E-state index in [0.29, 0.717) is 17.9 Å². The van der Waals surface area contributed by atoms with Gasteiger partial charge in [0.15, 0.2) is 0 Å². The Balaban J connectivity index is 2.44. The molecule has 0 aliphatic rings. The number of hydrogen-bond donors (Lipinski definition) is 1. The summed E-state index contributed by atoms with van der Waals surface area (Å²) in [5.41, 5.74) is 6.60. The lowest BCUT2D eigenvalue weighted by molar-refractivity contribution is 0.0499. The standard InChI is InChI=1S/C13H18BrNO2/c1-2-3-4-5-8-17-13(16)11-9-10(14)6-7-12(11)15/h6-7,9H,2-5,8,15H2,1H3. The molecule has 0 amide bonds. The Morgan fingerprint density at radius 3 is 2.82 bits per heavy atom. The van der Waals surface area contributed by atoms with Crippen molar-refractivity contribution in [1.29, 1.82) is 0 Å². The van der Waals surface area contributed by atoms with E-state index < -0.39 is 0 Å². The van der Waals surface area contributed by atoms with E-state index in [4.69, 9.17) is 10.5 Å². The van der Waals surface area contributed by atoms with E-state index in [0.717, 1.165) is 17.3 Å². The fraction of sp³-hybridized carbons (Fsp3) is 0.462. The maximum atomic E-state index is 11.7. The minimum atomic E-state index is -0.347. The van der Waals surface area contributed by atoms with Gasteiger partial charge in [-0.3, -0.25) is 0 Å². The second-order valence-electron chi connectivity index (χ2n) is 3.93. The molecule has 1 aromatic rings. The molecule has 0 bridgehead atoms. The van der Waals surface area contributed by atoms with Crippen molar-refractivity contribution in [3.63, 3.8) is 0 Å². The highest BCUT2D eigenvalue weighted by Crippen LogP contribution is 2.19. The molecule has 0 unspecified atom stereocenters. The van der Waals surface area contributed by atoms with E-state index in [1.54, 1.807) is 18.2 Å². The van der Waals surface area contributed by atoms with Gasteiger partial charge in [-0.05, 0) is 24.6 Å². The molecule has 94 valence electrons. The van der Waals surface area contributed by atoms with Gasteiger partial charge in [0.1, 0.15) is 0 Å². The van der Waals surface area contributed by atoms with E-state index in [9.17, 15) is 4.79 Å². The number of esters is 1. The molecule has 0 saturated carbocycles. The van der Waals surface area contributed by atoms with Gasteiger partial charge in [0.2, 0.25) is 0 Å². The van der Waals surface area contributed by atoms with Crippen LogP contribution in [0.4, 0.5) is 5.69 Å². The molecule has 0 radical (unpaired) electrons. The molecule has 3 nitrogen and oxygen atoms in total. The summed E-state index contributed by atoms with van der Waals surface area (Å²) in [6.07, 6.45) is 4.36. The lowest BCUT2D eigenvalue weighted by atomic mass is 10.2. The second kappa shape index (κ2) is 7.33. The Kier molecular flexibility index (Phi) is 6.05. The van der Waals surface area contributed by atoms with Crippen molar-refractivity contribution in [2.24, 2.45) is 0 Å². The molecular weight excluding hydrogens is 282 g/mol. The van der Waals surface area contributed by atoms with Crippen LogP contribution in [0, 0.1) is 0 Å². The van der Waals surface area contributed by atoms with Gasteiger partial charge in [0.05, 0.1) is 12.2 Å². The van der Waals surface area contributed by atoms with Crippen molar-refractivity contribution >= 4 is 27.6 Å². The van der Waals surface area contributed by atoms with Gasteiger partial charge in [0, 0.05) is 10.2 Å². The third-order valence-corrected chi connectivity index (χ3v) is 2.96. The van der Waals surface area contributed by atoms with Crippen LogP contribution < -0.4 is 5.73 Å². The Labute approximate surface area is 110 Å². The van der Waals surface area contributed by atoms with Crippen molar-refractivity contribution in [1.82, 2.24) is 0 Å². The fourth-order valence-corrected chi connectivity index (χ4v) is 1.84. The van der Waals surface area contributed by atoms with Crippen LogP contribution >= 0.6 is 15.9 Å². The first-order valence-electron chi connectivity index (χ1n) is 5.87. The summed E-state index contributed by atoms with van der Waals surface area (Å²) in [7, 11) is 0. The molecule has 0 saturated heterocycles. The van der Waals surface area contributed by atoms with Gasteiger partial charge in [-0.15, -0.1) is 0 Å². The van der Waals surface area contributed by atoms with Gasteiger partial charge < -0.3 is 10.5 Å². The quantitative estimate of drug-likeness (QED) is 0.494. The molecule has 0 aliphatic carbocycles. The SMILES string of the molecule is CCCCCCOC(=O)c1cc(Br)ccc1N. The zero-order valence-corrected chi connectivity index (χ0v) is 11.6. The predicted molar refractivity (Wildman–Crippen MR) is 73.0 cm³/mol. The normalized spacial score (nSPS) is 10.2. The number of nitrogens with two attached hydrogens (primary N) is 1. The molecule has 0 heterocycles. The molecule has 4 heteroatoms. The van der Waals surface area contributed by atoms with Crippen molar-refractivity contribution in [2.75, 3.05) is 12.3 Å². The summed E-state index contributed by atoms with van der Waals surface area (Å²) in [5.74, 6) is -0.347. The monoisotopic (exact) mass is 299 g/mol. The summed E-state index contributed by atoms with van der Waals surface area (Å²) in [5, 5.41) is 0. The summed E-state index contributed by atoms with van der Waals surface area (Å²) in [6.45, 7) is 2.61. The lowest BCUT2D eigenvalue weighted by Crippen LogP contribution is -2.09. The first kappa shape index (κ1) is 14.0. The van der Waals surface area contributed by atoms with Crippen molar-refractivity contribution in [3.05, 3.63) is 28.2 Å². The Morgan fingerprint density at radius 2 is 2.12 bits per heavy atom. The van der Waals surface area contributed by atoms with Gasteiger partial charge in [-0.25, -0.2) is 4.79 Å². The number of benzene rings is 1. The van der Waals surface area contributed by atoms with Gasteiger partial charge >= 0.3 is 5.97 Å². The van der Waals surface area contributed by atoms with Gasteiger partial charge in [0.25, 0.3) is 0 Å². The number of halogens is 1. The van der Waals surface area contributed by atoms with E-state index >= 15 is 0 Å². The first-order valence-corrected chi connectivity index (χ1v) is 6.66. The minimum absolute atomic E-state index is 0.347. The zero-order valence-electron chi connectivity index (χ0n) is 10.0. The highest BCUT2D eigenvalue weighted by Gasteiger charge is 2.11. The molecule has 0 spiro atoms. The smallest absolute Gasteiger partial charge is 0.340 e. The molecule has 2 N–H and O–H groups in total. The average molecular weight is 300 g/mol. The molecule has 0 aromatic heterocycles. The lowest BCUT2D eigenvalue weighted by Gasteiger charge is -2.07. The van der Waals surface area contributed by atoms with Crippen LogP contribution in [0.2, 0.25) is 0 Å². The first-order chi connectivity index (χ1) is 8.15. The minimum Gasteiger partial charge on any atom is -0.462 e. The van der Waals surface area contributed by atoms with Crippen LogP contribution in [0.5, 0.6) is 0 Å². The largest absolute Gasteiger partial charge is 0.462 e. The Bertz CT molecular complexity index is 380. The third-order valence-electron chi connectivity index (χ3n) is 2.47. The van der Waals surface area contributed by atoms with Crippen molar-refractivity contribution < 1.29 is 9.53 Å². The van der Waals surface area contributed by atoms with E-state index in [2.05, 4.69) is 22.9 Å². The predicted octanol–water partition coefficient (Wildman–Crippen LogP) is 3.77. The highest BCUT2D eigenvalue weighted by molar-refractivity contribution is 9.10. The zero-order chi connectivity index (χ0) is 12.7. The summed E-state index contributed by atoms with van der Waals surface area (Å²) >= 11 is 3.30. The van der Waals surface area contributed by atoms with Crippen LogP contribution in [-0.4, -0.2) is 12.6 Å². The van der Waals surface area contributed by atoms with E-state index in [-0.39, 0.29) is 5.97 Å². The molecular formula is C13H18BrNO2. The maximum absolute atomic E-state index is 11.7. The molecule has 17 heavy (non-hydrogen) atoms. The molecule has 1 rings (SSSR count). The number of nitrogen functional groups attached to an aromatic ring is 1. The van der Waals surface area contributed by atoms with Crippen LogP contribution in [0.25, 0.3) is 0 Å². The molecule has 0 atom stereocenters. The maximum Gasteiger partial charge on any atom is 0.340 e. The summed E-state index contributed by atoms with van der Waals surface area (Å²) in [4.78, 5) is 11.7. The number of carbonyl (C=O) groups excluding carboxylic acids is 1. The number of hydrogen-bond acceptors (Lipinski definition) is 3. The number of carbonyl (C=O) groups is 1. The molecule has 1 aromatic carbocycles. The highest BCUT2D eigenvalue weighted by atomic mass is 79.9. The summed E-state index contributed by atoms with van der Waals surface area (Å²) in [6, 6.07) is 5.18. The van der Waals surface area contributed by atoms with E-state index in [1.807, 2.05) is 0 Å². The third kappa shape index (κ3) is 4.77. The average Bonchev–Trinajstić information content (AvgIpc) is 2.32. The number of rotatable bonds is 6. The Hall–Kier alpha value is -1.03. The Morgan fingerprint density at radius 1 is 1.35 bits per heavy atom.